The zero-order valence-electron chi connectivity index (χ0n) is 10.8. The van der Waals surface area contributed by atoms with Crippen molar-refractivity contribution in [3.8, 4) is 0 Å². The Bertz CT molecular complexity index is 500. The van der Waals surface area contributed by atoms with Crippen molar-refractivity contribution in [3.63, 3.8) is 0 Å². The molecule has 0 aliphatic heterocycles. The van der Waals surface area contributed by atoms with Crippen LogP contribution < -0.4 is 5.32 Å². The second kappa shape index (κ2) is 7.20. The summed E-state index contributed by atoms with van der Waals surface area (Å²) in [6, 6.07) is 12.7. The number of aliphatic hydroxyl groups excluding tert-OH is 1. The molecule has 4 heteroatoms. The normalized spacial score (nSPS) is 14.3. The maximum Gasteiger partial charge on any atom is 0.0588 e. The van der Waals surface area contributed by atoms with Crippen LogP contribution in [0.4, 0.5) is 0 Å². The SMILES string of the molecule is CC(N[C@@H](CO)Cc1ccccc1)c1cc(Br)cs1. The number of nitrogens with one attached hydrogen (secondary N) is 1. The van der Waals surface area contributed by atoms with Crippen LogP contribution in [0.2, 0.25) is 0 Å². The van der Waals surface area contributed by atoms with E-state index in [0.717, 1.165) is 10.9 Å². The van der Waals surface area contributed by atoms with Crippen molar-refractivity contribution in [2.24, 2.45) is 0 Å². The Morgan fingerprint density at radius 3 is 2.63 bits per heavy atom. The number of hydrogen-bond donors (Lipinski definition) is 2. The molecule has 1 aromatic carbocycles. The van der Waals surface area contributed by atoms with Crippen LogP contribution in [0, 0.1) is 0 Å². The minimum absolute atomic E-state index is 0.0817. The summed E-state index contributed by atoms with van der Waals surface area (Å²) in [5.41, 5.74) is 1.24. The van der Waals surface area contributed by atoms with Crippen LogP contribution in [0.15, 0.2) is 46.3 Å². The highest BCUT2D eigenvalue weighted by Crippen LogP contribution is 2.25. The number of thiophene rings is 1. The number of hydrogen-bond acceptors (Lipinski definition) is 3. The molecule has 0 spiro atoms. The van der Waals surface area contributed by atoms with Gasteiger partial charge in [0.05, 0.1) is 6.61 Å². The van der Waals surface area contributed by atoms with Crippen molar-refractivity contribution < 1.29 is 5.11 Å². The van der Waals surface area contributed by atoms with Gasteiger partial charge in [0, 0.05) is 26.8 Å². The van der Waals surface area contributed by atoms with E-state index in [-0.39, 0.29) is 18.7 Å². The van der Waals surface area contributed by atoms with Gasteiger partial charge in [-0.3, -0.25) is 0 Å². The van der Waals surface area contributed by atoms with Crippen molar-refractivity contribution in [3.05, 3.63) is 56.7 Å². The second-order valence-corrected chi connectivity index (χ2v) is 6.48. The Morgan fingerprint density at radius 2 is 2.05 bits per heavy atom. The topological polar surface area (TPSA) is 32.3 Å². The lowest BCUT2D eigenvalue weighted by Gasteiger charge is -2.21. The number of aliphatic hydroxyl groups is 1. The van der Waals surface area contributed by atoms with Gasteiger partial charge in [0.1, 0.15) is 0 Å². The average Bonchev–Trinajstić information content (AvgIpc) is 2.86. The number of benzene rings is 1. The molecule has 0 aliphatic carbocycles. The van der Waals surface area contributed by atoms with E-state index in [1.165, 1.54) is 10.4 Å². The van der Waals surface area contributed by atoms with E-state index in [1.807, 2.05) is 18.2 Å². The van der Waals surface area contributed by atoms with E-state index in [1.54, 1.807) is 11.3 Å². The highest BCUT2D eigenvalue weighted by molar-refractivity contribution is 9.10. The first-order chi connectivity index (χ1) is 9.19. The first kappa shape index (κ1) is 14.7. The molecule has 0 aliphatic rings. The fourth-order valence-corrected chi connectivity index (χ4v) is 3.53. The van der Waals surface area contributed by atoms with Crippen LogP contribution in [0.25, 0.3) is 0 Å². The summed E-state index contributed by atoms with van der Waals surface area (Å²) in [7, 11) is 0. The first-order valence-corrected chi connectivity index (χ1v) is 8.01. The Hall–Kier alpha value is -0.680. The lowest BCUT2D eigenvalue weighted by atomic mass is 10.1. The van der Waals surface area contributed by atoms with E-state index >= 15 is 0 Å². The van der Waals surface area contributed by atoms with Gasteiger partial charge >= 0.3 is 0 Å². The third kappa shape index (κ3) is 4.42. The fraction of sp³-hybridized carbons (Fsp3) is 0.333. The van der Waals surface area contributed by atoms with Crippen molar-refractivity contribution in [2.75, 3.05) is 6.61 Å². The van der Waals surface area contributed by atoms with E-state index < -0.39 is 0 Å². The van der Waals surface area contributed by atoms with Gasteiger partial charge in [-0.25, -0.2) is 0 Å². The van der Waals surface area contributed by atoms with E-state index in [2.05, 4.69) is 51.7 Å². The molecule has 0 bridgehead atoms. The summed E-state index contributed by atoms with van der Waals surface area (Å²) in [6.07, 6.45) is 0.841. The molecule has 0 amide bonds. The monoisotopic (exact) mass is 339 g/mol. The van der Waals surface area contributed by atoms with Crippen molar-refractivity contribution in [2.45, 2.75) is 25.4 Å². The zero-order chi connectivity index (χ0) is 13.7. The van der Waals surface area contributed by atoms with Gasteiger partial charge in [-0.05, 0) is 40.9 Å². The third-order valence-electron chi connectivity index (χ3n) is 3.05. The molecule has 0 saturated carbocycles. The largest absolute Gasteiger partial charge is 0.395 e. The van der Waals surface area contributed by atoms with Gasteiger partial charge in [-0.1, -0.05) is 30.3 Å². The van der Waals surface area contributed by atoms with Crippen LogP contribution in [-0.4, -0.2) is 17.8 Å². The fourth-order valence-electron chi connectivity index (χ4n) is 2.07. The van der Waals surface area contributed by atoms with Crippen molar-refractivity contribution in [1.29, 1.82) is 0 Å². The van der Waals surface area contributed by atoms with Crippen molar-refractivity contribution in [1.82, 2.24) is 5.32 Å². The van der Waals surface area contributed by atoms with Crippen LogP contribution >= 0.6 is 27.3 Å². The molecule has 2 aromatic rings. The molecule has 2 rings (SSSR count). The minimum atomic E-state index is 0.0817. The first-order valence-electron chi connectivity index (χ1n) is 6.34. The molecule has 1 aromatic heterocycles. The van der Waals surface area contributed by atoms with Crippen LogP contribution in [0.1, 0.15) is 23.4 Å². The standard InChI is InChI=1S/C15H18BrNOS/c1-11(15-8-13(16)10-19-15)17-14(9-18)7-12-5-3-2-4-6-12/h2-6,8,10-11,14,17-18H,7,9H2,1H3/t11?,14-/m1/s1. The lowest BCUT2D eigenvalue weighted by molar-refractivity contribution is 0.233. The van der Waals surface area contributed by atoms with Gasteiger partial charge < -0.3 is 10.4 Å². The smallest absolute Gasteiger partial charge is 0.0588 e. The summed E-state index contributed by atoms with van der Waals surface area (Å²) in [4.78, 5) is 1.28. The van der Waals surface area contributed by atoms with E-state index in [0.29, 0.717) is 0 Å². The van der Waals surface area contributed by atoms with Crippen LogP contribution in [-0.2, 0) is 6.42 Å². The molecule has 102 valence electrons. The molecular weight excluding hydrogens is 322 g/mol. The molecular formula is C15H18BrNOS. The molecule has 0 saturated heterocycles. The predicted octanol–water partition coefficient (Wildman–Crippen LogP) is 3.76. The molecule has 1 heterocycles. The number of rotatable bonds is 6. The Kier molecular flexibility index (Phi) is 5.58. The van der Waals surface area contributed by atoms with Crippen LogP contribution in [0.5, 0.6) is 0 Å². The molecule has 0 fully saturated rings. The highest BCUT2D eigenvalue weighted by Gasteiger charge is 2.14. The zero-order valence-corrected chi connectivity index (χ0v) is 13.2. The summed E-state index contributed by atoms with van der Waals surface area (Å²) >= 11 is 5.20. The second-order valence-electron chi connectivity index (χ2n) is 4.62. The van der Waals surface area contributed by atoms with Gasteiger partial charge in [-0.2, -0.15) is 0 Å². The van der Waals surface area contributed by atoms with E-state index in [4.69, 9.17) is 0 Å². The Labute approximate surface area is 126 Å². The molecule has 2 atom stereocenters. The Balaban J connectivity index is 1.95. The summed E-state index contributed by atoms with van der Waals surface area (Å²) in [5, 5.41) is 15.1. The molecule has 0 radical (unpaired) electrons. The molecule has 2 N–H and O–H groups in total. The molecule has 19 heavy (non-hydrogen) atoms. The summed E-state index contributed by atoms with van der Waals surface area (Å²) in [5.74, 6) is 0. The predicted molar refractivity (Wildman–Crippen MR) is 84.6 cm³/mol. The maximum absolute atomic E-state index is 9.52. The van der Waals surface area contributed by atoms with E-state index in [9.17, 15) is 5.11 Å². The van der Waals surface area contributed by atoms with Crippen molar-refractivity contribution >= 4 is 27.3 Å². The average molecular weight is 340 g/mol. The minimum Gasteiger partial charge on any atom is -0.395 e. The van der Waals surface area contributed by atoms with Gasteiger partial charge in [0.15, 0.2) is 0 Å². The van der Waals surface area contributed by atoms with Crippen LogP contribution in [0.3, 0.4) is 0 Å². The third-order valence-corrected chi connectivity index (χ3v) is 4.92. The number of halogens is 1. The summed E-state index contributed by atoms with van der Waals surface area (Å²) in [6.45, 7) is 2.28. The Morgan fingerprint density at radius 1 is 1.32 bits per heavy atom. The van der Waals surface area contributed by atoms with Gasteiger partial charge in [0.25, 0.3) is 0 Å². The lowest BCUT2D eigenvalue weighted by Crippen LogP contribution is -2.36. The van der Waals surface area contributed by atoms with Gasteiger partial charge in [0.2, 0.25) is 0 Å². The molecule has 2 nitrogen and oxygen atoms in total. The highest BCUT2D eigenvalue weighted by atomic mass is 79.9. The quantitative estimate of drug-likeness (QED) is 0.839. The summed E-state index contributed by atoms with van der Waals surface area (Å²) < 4.78 is 1.12. The molecule has 1 unspecified atom stereocenters. The van der Waals surface area contributed by atoms with Gasteiger partial charge in [-0.15, -0.1) is 11.3 Å². The maximum atomic E-state index is 9.52.